The molecule has 3 heteroatoms. The Kier molecular flexibility index (Phi) is 4.85. The lowest BCUT2D eigenvalue weighted by Gasteiger charge is -2.17. The summed E-state index contributed by atoms with van der Waals surface area (Å²) in [6.45, 7) is 0. The largest absolute Gasteiger partial charge is 0.494 e. The van der Waals surface area contributed by atoms with Crippen LogP contribution in [0.3, 0.4) is 0 Å². The molecular weight excluding hydrogens is 248 g/mol. The fourth-order valence-electron chi connectivity index (χ4n) is 1.90. The van der Waals surface area contributed by atoms with Crippen molar-refractivity contribution < 1.29 is 9.84 Å². The Hall–Kier alpha value is -1.25. The second-order valence-corrected chi connectivity index (χ2v) is 4.83. The first kappa shape index (κ1) is 13.2. The molecule has 0 aromatic rings. The third-order valence-corrected chi connectivity index (χ3v) is 3.27. The molecule has 0 bridgehead atoms. The molecule has 1 N–H and O–H groups in total. The summed E-state index contributed by atoms with van der Waals surface area (Å²) in [7, 11) is 0. The van der Waals surface area contributed by atoms with Crippen LogP contribution in [-0.4, -0.2) is 17.3 Å². The van der Waals surface area contributed by atoms with E-state index in [9.17, 15) is 5.11 Å². The molecule has 2 unspecified atom stereocenters. The van der Waals surface area contributed by atoms with Crippen LogP contribution in [-0.2, 0) is 4.74 Å². The molecule has 3 atom stereocenters. The van der Waals surface area contributed by atoms with Gasteiger partial charge in [0.15, 0.2) is 0 Å². The second kappa shape index (κ2) is 6.62. The fraction of sp³-hybridized carbons (Fsp3) is 0.333. The van der Waals surface area contributed by atoms with Gasteiger partial charge in [0.25, 0.3) is 0 Å². The first-order chi connectivity index (χ1) is 8.75. The van der Waals surface area contributed by atoms with Gasteiger partial charge in [-0.3, -0.25) is 0 Å². The molecular formula is C15H17ClO2. The lowest BCUT2D eigenvalue weighted by Crippen LogP contribution is -2.16. The molecule has 2 nitrogen and oxygen atoms in total. The number of aliphatic hydroxyl groups is 1. The van der Waals surface area contributed by atoms with Crippen LogP contribution in [0.4, 0.5) is 0 Å². The summed E-state index contributed by atoms with van der Waals surface area (Å²) in [6, 6.07) is 0. The van der Waals surface area contributed by atoms with E-state index in [0.717, 1.165) is 17.9 Å². The van der Waals surface area contributed by atoms with E-state index in [0.29, 0.717) is 0 Å². The van der Waals surface area contributed by atoms with Crippen LogP contribution in [0.2, 0.25) is 0 Å². The van der Waals surface area contributed by atoms with Crippen molar-refractivity contribution in [3.8, 4) is 0 Å². The van der Waals surface area contributed by atoms with Crippen molar-refractivity contribution in [2.24, 2.45) is 5.92 Å². The highest BCUT2D eigenvalue weighted by Gasteiger charge is 2.14. The summed E-state index contributed by atoms with van der Waals surface area (Å²) in [4.78, 5) is 0. The van der Waals surface area contributed by atoms with E-state index in [4.69, 9.17) is 16.3 Å². The monoisotopic (exact) mass is 264 g/mol. The van der Waals surface area contributed by atoms with Crippen molar-refractivity contribution >= 4 is 11.6 Å². The first-order valence-electron chi connectivity index (χ1n) is 6.13. The number of aliphatic hydroxyl groups excluding tert-OH is 1. The molecule has 1 aliphatic heterocycles. The van der Waals surface area contributed by atoms with E-state index in [1.165, 1.54) is 0 Å². The normalized spacial score (nSPS) is 28.9. The minimum atomic E-state index is -0.477. The predicted molar refractivity (Wildman–Crippen MR) is 74.1 cm³/mol. The maximum Gasteiger partial charge on any atom is 0.120 e. The summed E-state index contributed by atoms with van der Waals surface area (Å²) in [5, 5.41) is 10.7. The Morgan fingerprint density at radius 3 is 2.94 bits per heavy atom. The summed E-state index contributed by atoms with van der Waals surface area (Å²) in [6.07, 6.45) is 18.3. The highest BCUT2D eigenvalue weighted by atomic mass is 35.5. The van der Waals surface area contributed by atoms with Crippen molar-refractivity contribution in [2.45, 2.75) is 25.0 Å². The topological polar surface area (TPSA) is 29.5 Å². The zero-order chi connectivity index (χ0) is 12.8. The van der Waals surface area contributed by atoms with Gasteiger partial charge in [-0.25, -0.2) is 0 Å². The molecule has 0 spiro atoms. The second-order valence-electron chi connectivity index (χ2n) is 4.39. The maximum absolute atomic E-state index is 9.96. The van der Waals surface area contributed by atoms with Crippen LogP contribution in [0, 0.1) is 5.92 Å². The van der Waals surface area contributed by atoms with Crippen LogP contribution in [0.5, 0.6) is 0 Å². The molecule has 0 aromatic carbocycles. The van der Waals surface area contributed by atoms with Gasteiger partial charge in [0, 0.05) is 17.4 Å². The van der Waals surface area contributed by atoms with Gasteiger partial charge in [-0.2, -0.15) is 0 Å². The minimum Gasteiger partial charge on any atom is -0.494 e. The van der Waals surface area contributed by atoms with Crippen molar-refractivity contribution in [1.82, 2.24) is 0 Å². The maximum atomic E-state index is 9.96. The Balaban J connectivity index is 1.77. The lowest BCUT2D eigenvalue weighted by atomic mass is 9.94. The highest BCUT2D eigenvalue weighted by molar-refractivity contribution is 6.31. The number of ether oxygens (including phenoxy) is 1. The Morgan fingerprint density at radius 2 is 2.28 bits per heavy atom. The lowest BCUT2D eigenvalue weighted by molar-refractivity contribution is 0.177. The quantitative estimate of drug-likeness (QED) is 0.788. The molecule has 0 radical (unpaired) electrons. The van der Waals surface area contributed by atoms with Crippen LogP contribution >= 0.6 is 11.6 Å². The third kappa shape index (κ3) is 3.90. The molecule has 2 aliphatic rings. The van der Waals surface area contributed by atoms with Gasteiger partial charge in [0.1, 0.15) is 6.10 Å². The fourth-order valence-corrected chi connectivity index (χ4v) is 2.06. The van der Waals surface area contributed by atoms with Crippen molar-refractivity contribution in [3.63, 3.8) is 0 Å². The molecule has 0 saturated carbocycles. The van der Waals surface area contributed by atoms with Gasteiger partial charge in [-0.05, 0) is 24.6 Å². The summed E-state index contributed by atoms with van der Waals surface area (Å²) >= 11 is 5.83. The Labute approximate surface area is 113 Å². The molecule has 0 amide bonds. The van der Waals surface area contributed by atoms with Crippen LogP contribution < -0.4 is 0 Å². The van der Waals surface area contributed by atoms with Gasteiger partial charge in [-0.15, -0.1) is 0 Å². The predicted octanol–water partition coefficient (Wildman–Crippen LogP) is 3.46. The average molecular weight is 265 g/mol. The highest BCUT2D eigenvalue weighted by Crippen LogP contribution is 2.22. The van der Waals surface area contributed by atoms with Gasteiger partial charge in [0.2, 0.25) is 0 Å². The Bertz CT molecular complexity index is 410. The van der Waals surface area contributed by atoms with Gasteiger partial charge in [-0.1, -0.05) is 42.0 Å². The number of hydrogen-bond acceptors (Lipinski definition) is 2. The summed E-state index contributed by atoms with van der Waals surface area (Å²) < 4.78 is 5.29. The minimum absolute atomic E-state index is 0.113. The first-order valence-corrected chi connectivity index (χ1v) is 6.51. The smallest absolute Gasteiger partial charge is 0.120 e. The van der Waals surface area contributed by atoms with E-state index < -0.39 is 6.10 Å². The Morgan fingerprint density at radius 1 is 1.39 bits per heavy atom. The van der Waals surface area contributed by atoms with Crippen LogP contribution in [0.25, 0.3) is 0 Å². The molecule has 0 fully saturated rings. The number of halogens is 1. The van der Waals surface area contributed by atoms with E-state index in [1.807, 2.05) is 42.5 Å². The molecule has 2 rings (SSSR count). The van der Waals surface area contributed by atoms with Crippen LogP contribution in [0.15, 0.2) is 59.9 Å². The molecule has 0 saturated heterocycles. The molecule has 0 aromatic heterocycles. The van der Waals surface area contributed by atoms with Crippen molar-refractivity contribution in [2.75, 3.05) is 0 Å². The molecule has 96 valence electrons. The molecule has 1 aliphatic carbocycles. The van der Waals surface area contributed by atoms with Gasteiger partial charge < -0.3 is 9.84 Å². The number of rotatable bonds is 4. The van der Waals surface area contributed by atoms with Crippen LogP contribution in [0.1, 0.15) is 12.8 Å². The van der Waals surface area contributed by atoms with Crippen molar-refractivity contribution in [1.29, 1.82) is 0 Å². The molecule has 1 heterocycles. The van der Waals surface area contributed by atoms with Gasteiger partial charge in [0.05, 0.1) is 12.4 Å². The van der Waals surface area contributed by atoms with E-state index >= 15 is 0 Å². The van der Waals surface area contributed by atoms with Crippen molar-refractivity contribution in [3.05, 3.63) is 59.9 Å². The number of hydrogen-bond donors (Lipinski definition) is 1. The zero-order valence-electron chi connectivity index (χ0n) is 10.1. The standard InChI is InChI=1S/C15H17ClO2/c16-13-9-7-12(8-10-13)15(17)6-2-1-4-14-5-3-11-18-14/h1-4,6-7,9-12,14-15,17H,5,8H2/b4-1+,6-2+/t12?,14-,15?/m1/s1. The summed E-state index contributed by atoms with van der Waals surface area (Å²) in [5.41, 5.74) is 0. The zero-order valence-corrected chi connectivity index (χ0v) is 10.8. The third-order valence-electron chi connectivity index (χ3n) is 2.99. The number of allylic oxidation sites excluding steroid dienone is 5. The summed E-state index contributed by atoms with van der Waals surface area (Å²) in [5.74, 6) is 0.113. The van der Waals surface area contributed by atoms with E-state index in [-0.39, 0.29) is 12.0 Å². The molecule has 18 heavy (non-hydrogen) atoms. The average Bonchev–Trinajstić information content (AvgIpc) is 2.88. The van der Waals surface area contributed by atoms with E-state index in [2.05, 4.69) is 0 Å². The SMILES string of the molecule is OC(/C=C/C=C/[C@@H]1CC=CO1)C1C=CC(Cl)=CC1. The van der Waals surface area contributed by atoms with E-state index in [1.54, 1.807) is 12.3 Å². The van der Waals surface area contributed by atoms with Gasteiger partial charge >= 0.3 is 0 Å².